The molecule has 0 amide bonds. The van der Waals surface area contributed by atoms with E-state index < -0.39 is 29.5 Å². The molecular formula is C31H31F3O4. The second-order valence-electron chi connectivity index (χ2n) is 9.67. The van der Waals surface area contributed by atoms with Crippen LogP contribution in [0, 0.1) is 23.4 Å². The summed E-state index contributed by atoms with van der Waals surface area (Å²) in [6, 6.07) is 13.0. The SMILES string of the molecule is C=CCCOc1ccc(C(=O)Oc2ccc(-c3ccc(C4CCC(C(C)O)CC4)c(F)c3F)cc2)cc1F. The van der Waals surface area contributed by atoms with Crippen molar-refractivity contribution < 1.29 is 32.5 Å². The second-order valence-corrected chi connectivity index (χ2v) is 9.67. The number of hydrogen-bond donors (Lipinski definition) is 1. The van der Waals surface area contributed by atoms with Crippen molar-refractivity contribution >= 4 is 5.97 Å². The van der Waals surface area contributed by atoms with Crippen molar-refractivity contribution in [2.45, 2.75) is 51.0 Å². The molecule has 1 saturated carbocycles. The lowest BCUT2D eigenvalue weighted by molar-refractivity contribution is 0.0734. The maximum absolute atomic E-state index is 15.1. The van der Waals surface area contributed by atoms with Crippen LogP contribution in [0.3, 0.4) is 0 Å². The van der Waals surface area contributed by atoms with Crippen LogP contribution in [0.5, 0.6) is 11.5 Å². The van der Waals surface area contributed by atoms with Gasteiger partial charge in [0.25, 0.3) is 0 Å². The number of aliphatic hydroxyl groups is 1. The highest BCUT2D eigenvalue weighted by atomic mass is 19.2. The first-order chi connectivity index (χ1) is 18.3. The molecule has 3 aromatic carbocycles. The molecule has 1 unspecified atom stereocenters. The highest BCUT2D eigenvalue weighted by molar-refractivity contribution is 5.91. The fourth-order valence-corrected chi connectivity index (χ4v) is 4.88. The smallest absolute Gasteiger partial charge is 0.343 e. The van der Waals surface area contributed by atoms with Gasteiger partial charge in [0.2, 0.25) is 0 Å². The normalized spacial score (nSPS) is 18.0. The molecule has 0 radical (unpaired) electrons. The quantitative estimate of drug-likeness (QED) is 0.136. The van der Waals surface area contributed by atoms with E-state index in [1.165, 1.54) is 36.4 Å². The Hall–Kier alpha value is -3.58. The summed E-state index contributed by atoms with van der Waals surface area (Å²) in [7, 11) is 0. The Morgan fingerprint density at radius 3 is 2.37 bits per heavy atom. The van der Waals surface area contributed by atoms with Gasteiger partial charge >= 0.3 is 5.97 Å². The molecule has 1 atom stereocenters. The van der Waals surface area contributed by atoms with Gasteiger partial charge < -0.3 is 14.6 Å². The van der Waals surface area contributed by atoms with Crippen molar-refractivity contribution in [3.05, 3.63) is 95.8 Å². The third-order valence-corrected chi connectivity index (χ3v) is 7.13. The number of halogens is 3. The summed E-state index contributed by atoms with van der Waals surface area (Å²) in [5.41, 5.74) is 0.910. The minimum atomic E-state index is -0.921. The Balaban J connectivity index is 1.42. The number of carbonyl (C=O) groups is 1. The van der Waals surface area contributed by atoms with Crippen molar-refractivity contribution in [2.75, 3.05) is 6.61 Å². The Morgan fingerprint density at radius 2 is 1.74 bits per heavy atom. The van der Waals surface area contributed by atoms with E-state index in [-0.39, 0.29) is 41.1 Å². The minimum absolute atomic E-state index is 0.00818. The van der Waals surface area contributed by atoms with Gasteiger partial charge in [-0.3, -0.25) is 0 Å². The van der Waals surface area contributed by atoms with Gasteiger partial charge in [-0.25, -0.2) is 18.0 Å². The molecule has 0 aliphatic heterocycles. The summed E-state index contributed by atoms with van der Waals surface area (Å²) in [4.78, 5) is 12.5. The fourth-order valence-electron chi connectivity index (χ4n) is 4.88. The molecule has 3 aromatic rings. The zero-order chi connectivity index (χ0) is 27.2. The molecule has 4 rings (SSSR count). The number of rotatable bonds is 9. The van der Waals surface area contributed by atoms with Crippen LogP contribution in [0.25, 0.3) is 11.1 Å². The lowest BCUT2D eigenvalue weighted by Crippen LogP contribution is -2.23. The van der Waals surface area contributed by atoms with Crippen molar-refractivity contribution in [1.29, 1.82) is 0 Å². The molecule has 0 heterocycles. The maximum Gasteiger partial charge on any atom is 0.343 e. The van der Waals surface area contributed by atoms with Crippen LogP contribution in [-0.2, 0) is 0 Å². The van der Waals surface area contributed by atoms with E-state index in [0.717, 1.165) is 18.9 Å². The first-order valence-electron chi connectivity index (χ1n) is 12.8. The van der Waals surface area contributed by atoms with E-state index in [9.17, 15) is 14.3 Å². The van der Waals surface area contributed by atoms with Crippen molar-refractivity contribution in [3.63, 3.8) is 0 Å². The summed E-state index contributed by atoms with van der Waals surface area (Å²) in [6.45, 7) is 5.61. The van der Waals surface area contributed by atoms with Gasteiger partial charge in [-0.15, -0.1) is 6.58 Å². The van der Waals surface area contributed by atoms with Crippen molar-refractivity contribution in [3.8, 4) is 22.6 Å². The van der Waals surface area contributed by atoms with E-state index in [1.807, 2.05) is 0 Å². The van der Waals surface area contributed by atoms with Gasteiger partial charge in [0.1, 0.15) is 5.75 Å². The van der Waals surface area contributed by atoms with E-state index in [1.54, 1.807) is 25.1 Å². The number of aliphatic hydroxyl groups excluding tert-OH is 1. The molecule has 1 N–H and O–H groups in total. The molecule has 1 fully saturated rings. The molecule has 0 aromatic heterocycles. The first kappa shape index (κ1) is 27.5. The van der Waals surface area contributed by atoms with Gasteiger partial charge in [-0.2, -0.15) is 0 Å². The summed E-state index contributed by atoms with van der Waals surface area (Å²) in [5.74, 6) is -2.89. The molecule has 200 valence electrons. The summed E-state index contributed by atoms with van der Waals surface area (Å²) < 4.78 is 55.0. The highest BCUT2D eigenvalue weighted by Gasteiger charge is 2.28. The van der Waals surface area contributed by atoms with Crippen LogP contribution in [0.2, 0.25) is 0 Å². The van der Waals surface area contributed by atoms with Gasteiger partial charge in [-0.1, -0.05) is 30.3 Å². The molecule has 0 saturated heterocycles. The Bertz CT molecular complexity index is 1280. The van der Waals surface area contributed by atoms with Crippen LogP contribution < -0.4 is 9.47 Å². The molecule has 7 heteroatoms. The number of esters is 1. The fraction of sp³-hybridized carbons (Fsp3) is 0.323. The van der Waals surface area contributed by atoms with Crippen molar-refractivity contribution in [1.82, 2.24) is 0 Å². The molecular weight excluding hydrogens is 493 g/mol. The Kier molecular flexibility index (Phi) is 8.89. The van der Waals surface area contributed by atoms with Gasteiger partial charge in [0.15, 0.2) is 23.2 Å². The topological polar surface area (TPSA) is 55.8 Å². The van der Waals surface area contributed by atoms with Crippen LogP contribution in [0.1, 0.15) is 60.9 Å². The molecule has 1 aliphatic rings. The Morgan fingerprint density at radius 1 is 1.03 bits per heavy atom. The number of benzene rings is 3. The lowest BCUT2D eigenvalue weighted by Gasteiger charge is -2.30. The van der Waals surface area contributed by atoms with Crippen LogP contribution in [0.4, 0.5) is 13.2 Å². The standard InChI is InChI=1S/C31H31F3O4/c1-3-4-17-37-28-16-11-23(18-27(28)32)31(36)38-24-12-9-22(10-13-24)26-15-14-25(29(33)30(26)34)21-7-5-20(6-8-21)19(2)35/h3,9-16,18-21,35H,1,4-8,17H2,2H3. The van der Waals surface area contributed by atoms with Crippen LogP contribution in [0.15, 0.2) is 67.3 Å². The molecule has 38 heavy (non-hydrogen) atoms. The lowest BCUT2D eigenvalue weighted by atomic mass is 9.76. The van der Waals surface area contributed by atoms with Gasteiger partial charge in [0, 0.05) is 5.56 Å². The van der Waals surface area contributed by atoms with Gasteiger partial charge in [0.05, 0.1) is 18.3 Å². The third-order valence-electron chi connectivity index (χ3n) is 7.13. The second kappa shape index (κ2) is 12.3. The highest BCUT2D eigenvalue weighted by Crippen LogP contribution is 2.40. The average Bonchev–Trinajstić information content (AvgIpc) is 2.92. The van der Waals surface area contributed by atoms with E-state index in [2.05, 4.69) is 6.58 Å². The van der Waals surface area contributed by atoms with E-state index in [0.29, 0.717) is 30.4 Å². The molecule has 4 nitrogen and oxygen atoms in total. The summed E-state index contributed by atoms with van der Waals surface area (Å²) in [5, 5.41) is 9.79. The monoisotopic (exact) mass is 524 g/mol. The Labute approximate surface area is 220 Å². The third kappa shape index (κ3) is 6.27. The molecule has 1 aliphatic carbocycles. The predicted octanol–water partition coefficient (Wildman–Crippen LogP) is 7.60. The zero-order valence-electron chi connectivity index (χ0n) is 21.3. The largest absolute Gasteiger partial charge is 0.490 e. The zero-order valence-corrected chi connectivity index (χ0v) is 21.3. The van der Waals surface area contributed by atoms with Gasteiger partial charge in [-0.05, 0) is 92.3 Å². The number of carbonyl (C=O) groups excluding carboxylic acids is 1. The maximum atomic E-state index is 15.1. The van der Waals surface area contributed by atoms with E-state index >= 15 is 8.78 Å². The number of ether oxygens (including phenoxy) is 2. The molecule has 0 bridgehead atoms. The van der Waals surface area contributed by atoms with E-state index in [4.69, 9.17) is 9.47 Å². The van der Waals surface area contributed by atoms with Crippen LogP contribution >= 0.6 is 0 Å². The average molecular weight is 525 g/mol. The van der Waals surface area contributed by atoms with Crippen molar-refractivity contribution in [2.24, 2.45) is 5.92 Å². The first-order valence-corrected chi connectivity index (χ1v) is 12.8. The predicted molar refractivity (Wildman–Crippen MR) is 140 cm³/mol. The van der Waals surface area contributed by atoms with Crippen LogP contribution in [-0.4, -0.2) is 23.8 Å². The summed E-state index contributed by atoms with van der Waals surface area (Å²) >= 11 is 0. The number of hydrogen-bond acceptors (Lipinski definition) is 4. The minimum Gasteiger partial charge on any atom is -0.490 e. The summed E-state index contributed by atoms with van der Waals surface area (Å²) in [6.07, 6.45) is 4.81. The molecule has 0 spiro atoms.